The van der Waals surface area contributed by atoms with Gasteiger partial charge < -0.3 is 26.4 Å². The van der Waals surface area contributed by atoms with E-state index >= 15 is 0 Å². The number of hydrogen-bond acceptors (Lipinski definition) is 5. The highest BCUT2D eigenvalue weighted by Crippen LogP contribution is 2.03. The van der Waals surface area contributed by atoms with Crippen molar-refractivity contribution < 1.29 is 29.1 Å². The van der Waals surface area contributed by atoms with E-state index in [4.69, 9.17) is 5.11 Å². The van der Waals surface area contributed by atoms with Gasteiger partial charge in [0.2, 0.25) is 23.6 Å². The van der Waals surface area contributed by atoms with E-state index in [1.54, 1.807) is 0 Å². The number of alkyl halides is 1. The van der Waals surface area contributed by atoms with Gasteiger partial charge in [-0.15, -0.1) is 0 Å². The number of rotatable bonds is 12. The highest BCUT2D eigenvalue weighted by molar-refractivity contribution is 14.1. The van der Waals surface area contributed by atoms with Crippen molar-refractivity contribution in [3.63, 3.8) is 0 Å². The van der Waals surface area contributed by atoms with Crippen molar-refractivity contribution in [3.05, 3.63) is 0 Å². The van der Waals surface area contributed by atoms with Crippen molar-refractivity contribution in [2.24, 2.45) is 0 Å². The topological polar surface area (TPSA) is 154 Å². The highest BCUT2D eigenvalue weighted by atomic mass is 127. The van der Waals surface area contributed by atoms with Crippen LogP contribution in [-0.4, -0.2) is 63.8 Å². The Balaban J connectivity index is 4.67. The Bertz CT molecular complexity index is 557. The fourth-order valence-corrected chi connectivity index (χ4v) is 2.24. The Morgan fingerprint density at radius 3 is 2.04 bits per heavy atom. The molecule has 0 fully saturated rings. The summed E-state index contributed by atoms with van der Waals surface area (Å²) >= 11 is 1.87. The lowest BCUT2D eigenvalue weighted by atomic mass is 10.1. The monoisotopic (exact) mass is 498 g/mol. The second-order valence-electron chi connectivity index (χ2n) is 6.03. The molecule has 0 aromatic heterocycles. The van der Waals surface area contributed by atoms with Crippen molar-refractivity contribution in [1.29, 1.82) is 0 Å². The van der Waals surface area contributed by atoms with E-state index < -0.39 is 35.9 Å². The molecule has 0 aliphatic heterocycles. The second-order valence-corrected chi connectivity index (χ2v) is 6.79. The Hall–Kier alpha value is -1.92. The minimum absolute atomic E-state index is 0.141. The second kappa shape index (κ2) is 13.3. The van der Waals surface area contributed by atoms with Crippen molar-refractivity contribution in [3.8, 4) is 0 Å². The first-order valence-electron chi connectivity index (χ1n) is 8.51. The van der Waals surface area contributed by atoms with Crippen LogP contribution in [0.2, 0.25) is 0 Å². The summed E-state index contributed by atoms with van der Waals surface area (Å²) in [6.07, 6.45) is 1.56. The summed E-state index contributed by atoms with van der Waals surface area (Å²) in [4.78, 5) is 57.6. The number of halogens is 1. The van der Waals surface area contributed by atoms with Crippen molar-refractivity contribution in [2.45, 2.75) is 58.2 Å². The molecule has 3 atom stereocenters. The molecule has 5 N–H and O–H groups in total. The number of unbranched alkanes of at least 4 members (excludes halogenated alkanes) is 1. The molecule has 11 heteroatoms. The van der Waals surface area contributed by atoms with E-state index in [1.807, 2.05) is 22.6 Å². The van der Waals surface area contributed by atoms with Gasteiger partial charge in [0.05, 0.1) is 4.43 Å². The molecule has 0 aromatic carbocycles. The Morgan fingerprint density at radius 1 is 0.926 bits per heavy atom. The van der Waals surface area contributed by atoms with Gasteiger partial charge in [0.1, 0.15) is 18.1 Å². The molecule has 0 radical (unpaired) electrons. The molecule has 0 heterocycles. The van der Waals surface area contributed by atoms with Gasteiger partial charge in [0, 0.05) is 13.5 Å². The number of nitrogens with one attached hydrogen (secondary N) is 4. The van der Waals surface area contributed by atoms with Gasteiger partial charge >= 0.3 is 5.97 Å². The lowest BCUT2D eigenvalue weighted by molar-refractivity contribution is -0.141. The van der Waals surface area contributed by atoms with Gasteiger partial charge in [0.25, 0.3) is 0 Å². The zero-order chi connectivity index (χ0) is 21.0. The number of aliphatic carboxylic acids is 1. The van der Waals surface area contributed by atoms with Gasteiger partial charge in [-0.25, -0.2) is 0 Å². The molecular formula is C16H27IN4O6. The molecule has 0 spiro atoms. The quantitative estimate of drug-likeness (QED) is 0.136. The normalized spacial score (nSPS) is 13.6. The van der Waals surface area contributed by atoms with Crippen LogP contribution in [0.15, 0.2) is 0 Å². The minimum atomic E-state index is -1.19. The molecule has 0 bridgehead atoms. The first kappa shape index (κ1) is 25.1. The summed E-state index contributed by atoms with van der Waals surface area (Å²) in [7, 11) is 0. The highest BCUT2D eigenvalue weighted by Gasteiger charge is 2.25. The molecule has 0 aliphatic carbocycles. The third-order valence-corrected chi connectivity index (χ3v) is 4.24. The fraction of sp³-hybridized carbons (Fsp3) is 0.688. The molecule has 0 saturated carbocycles. The SMILES string of the molecule is CC(=O)NCCCC[C@H](NC(=O)CI)C(=O)N[C@H](C)C(=O)N[C@H](C)C(=O)O. The third kappa shape index (κ3) is 11.4. The Labute approximate surface area is 171 Å². The number of carbonyl (C=O) groups is 5. The fourth-order valence-electron chi connectivity index (χ4n) is 2.02. The van der Waals surface area contributed by atoms with Crippen LogP contribution in [-0.2, 0) is 24.0 Å². The molecule has 154 valence electrons. The predicted octanol–water partition coefficient (Wildman–Crippen LogP) is -0.693. The van der Waals surface area contributed by atoms with E-state index in [0.717, 1.165) is 0 Å². The molecular weight excluding hydrogens is 471 g/mol. The first-order valence-corrected chi connectivity index (χ1v) is 10.0. The van der Waals surface area contributed by atoms with E-state index in [2.05, 4.69) is 21.3 Å². The summed E-state index contributed by atoms with van der Waals surface area (Å²) in [5.74, 6) is -2.80. The summed E-state index contributed by atoms with van der Waals surface area (Å²) < 4.78 is 0.180. The molecule has 4 amide bonds. The molecule has 0 aromatic rings. The molecule has 0 unspecified atom stereocenters. The maximum atomic E-state index is 12.4. The van der Waals surface area contributed by atoms with Crippen molar-refractivity contribution >= 4 is 52.2 Å². The minimum Gasteiger partial charge on any atom is -0.480 e. The number of carboxylic acids is 1. The van der Waals surface area contributed by atoms with E-state index in [0.29, 0.717) is 25.8 Å². The molecule has 0 aliphatic rings. The summed E-state index contributed by atoms with van der Waals surface area (Å²) in [5.41, 5.74) is 0. The van der Waals surface area contributed by atoms with Gasteiger partial charge in [-0.2, -0.15) is 0 Å². The van der Waals surface area contributed by atoms with Gasteiger partial charge in [-0.05, 0) is 33.1 Å². The van der Waals surface area contributed by atoms with E-state index in [9.17, 15) is 24.0 Å². The zero-order valence-electron chi connectivity index (χ0n) is 15.6. The average Bonchev–Trinajstić information content (AvgIpc) is 2.59. The molecule has 0 saturated heterocycles. The largest absolute Gasteiger partial charge is 0.480 e. The summed E-state index contributed by atoms with van der Waals surface area (Å²) in [6, 6.07) is -2.87. The van der Waals surface area contributed by atoms with Gasteiger partial charge in [-0.3, -0.25) is 24.0 Å². The Morgan fingerprint density at radius 2 is 1.52 bits per heavy atom. The number of amides is 4. The predicted molar refractivity (Wildman–Crippen MR) is 106 cm³/mol. The number of carbonyl (C=O) groups excluding carboxylic acids is 4. The lowest BCUT2D eigenvalue weighted by Crippen LogP contribution is -2.54. The molecule has 27 heavy (non-hydrogen) atoms. The standard InChI is InChI=1S/C16H27IN4O6/c1-9(14(24)20-10(2)16(26)27)19-15(25)12(21-13(23)8-17)6-4-5-7-18-11(3)22/h9-10,12H,4-8H2,1-3H3,(H,18,22)(H,19,25)(H,20,24)(H,21,23)(H,26,27)/t9-,10-,12+/m1/s1. The van der Waals surface area contributed by atoms with Crippen LogP contribution < -0.4 is 21.3 Å². The molecule has 10 nitrogen and oxygen atoms in total. The van der Waals surface area contributed by atoms with Crippen LogP contribution in [0.25, 0.3) is 0 Å². The smallest absolute Gasteiger partial charge is 0.325 e. The van der Waals surface area contributed by atoms with Crippen LogP contribution in [0.4, 0.5) is 0 Å². The summed E-state index contributed by atoms with van der Waals surface area (Å²) in [6.45, 7) is 4.62. The third-order valence-electron chi connectivity index (χ3n) is 3.55. The van der Waals surface area contributed by atoms with Crippen LogP contribution in [0, 0.1) is 0 Å². The molecule has 0 rings (SSSR count). The number of hydrogen-bond donors (Lipinski definition) is 5. The maximum Gasteiger partial charge on any atom is 0.325 e. The maximum absolute atomic E-state index is 12.4. The van der Waals surface area contributed by atoms with Crippen LogP contribution in [0.3, 0.4) is 0 Å². The Kier molecular flexibility index (Phi) is 12.3. The average molecular weight is 498 g/mol. The zero-order valence-corrected chi connectivity index (χ0v) is 17.8. The summed E-state index contributed by atoms with van der Waals surface area (Å²) in [5, 5.41) is 18.8. The van der Waals surface area contributed by atoms with Gasteiger partial charge in [-0.1, -0.05) is 22.6 Å². The van der Waals surface area contributed by atoms with Crippen LogP contribution in [0.5, 0.6) is 0 Å². The number of carboxylic acid groups (broad SMARTS) is 1. The van der Waals surface area contributed by atoms with E-state index in [-0.39, 0.29) is 16.2 Å². The van der Waals surface area contributed by atoms with Crippen molar-refractivity contribution in [2.75, 3.05) is 11.0 Å². The van der Waals surface area contributed by atoms with Crippen molar-refractivity contribution in [1.82, 2.24) is 21.3 Å². The first-order chi connectivity index (χ1) is 12.6. The van der Waals surface area contributed by atoms with Crippen LogP contribution >= 0.6 is 22.6 Å². The lowest BCUT2D eigenvalue weighted by Gasteiger charge is -2.21. The van der Waals surface area contributed by atoms with E-state index in [1.165, 1.54) is 20.8 Å². The van der Waals surface area contributed by atoms with Crippen LogP contribution in [0.1, 0.15) is 40.0 Å². The van der Waals surface area contributed by atoms with Gasteiger partial charge in [0.15, 0.2) is 0 Å².